The molecule has 0 saturated carbocycles. The third kappa shape index (κ3) is 3.49. The zero-order valence-corrected chi connectivity index (χ0v) is 11.8. The van der Waals surface area contributed by atoms with Crippen LogP contribution in [0.3, 0.4) is 0 Å². The Hall–Kier alpha value is -1.51. The predicted octanol–water partition coefficient (Wildman–Crippen LogP) is 5.38. The van der Waals surface area contributed by atoms with Crippen LogP contribution in [0, 0.1) is 0 Å². The molecule has 98 valence electrons. The highest BCUT2D eigenvalue weighted by molar-refractivity contribution is 6.31. The van der Waals surface area contributed by atoms with E-state index < -0.39 is 0 Å². The van der Waals surface area contributed by atoms with E-state index in [-0.39, 0.29) is 5.78 Å². The molecule has 0 aromatic heterocycles. The van der Waals surface area contributed by atoms with E-state index in [1.807, 2.05) is 6.92 Å². The molecule has 0 N–H and O–H groups in total. The second-order valence-corrected chi connectivity index (χ2v) is 4.85. The largest absolute Gasteiger partial charge is 0.457 e. The maximum Gasteiger partial charge on any atom is 0.166 e. The fourth-order valence-electron chi connectivity index (χ4n) is 1.63. The van der Waals surface area contributed by atoms with Crippen molar-refractivity contribution in [3.63, 3.8) is 0 Å². The summed E-state index contributed by atoms with van der Waals surface area (Å²) < 4.78 is 5.70. The fourth-order valence-corrected chi connectivity index (χ4v) is 1.92. The van der Waals surface area contributed by atoms with Gasteiger partial charge in [-0.2, -0.15) is 0 Å². The lowest BCUT2D eigenvalue weighted by molar-refractivity contribution is 0.0986. The van der Waals surface area contributed by atoms with Gasteiger partial charge in [0.05, 0.1) is 5.56 Å². The summed E-state index contributed by atoms with van der Waals surface area (Å²) in [6.45, 7) is 1.81. The Bertz CT molecular complexity index is 592. The normalized spacial score (nSPS) is 10.3. The summed E-state index contributed by atoms with van der Waals surface area (Å²) in [5, 5.41) is 1.15. The van der Waals surface area contributed by atoms with Crippen molar-refractivity contribution in [2.24, 2.45) is 0 Å². The van der Waals surface area contributed by atoms with Gasteiger partial charge in [0.2, 0.25) is 0 Å². The molecule has 0 bridgehead atoms. The number of rotatable bonds is 4. The van der Waals surface area contributed by atoms with Crippen molar-refractivity contribution in [2.75, 3.05) is 0 Å². The quantitative estimate of drug-likeness (QED) is 0.708. The summed E-state index contributed by atoms with van der Waals surface area (Å²) in [5.74, 6) is 1.08. The summed E-state index contributed by atoms with van der Waals surface area (Å²) in [6.07, 6.45) is 0.415. The van der Waals surface area contributed by atoms with Gasteiger partial charge in [-0.1, -0.05) is 30.1 Å². The molecule has 0 atom stereocenters. The zero-order valence-electron chi connectivity index (χ0n) is 10.3. The van der Waals surface area contributed by atoms with Gasteiger partial charge in [-0.15, -0.1) is 0 Å². The van der Waals surface area contributed by atoms with Crippen molar-refractivity contribution in [3.8, 4) is 11.5 Å². The molecule has 4 heteroatoms. The number of carbonyl (C=O) groups excluding carboxylic acids is 1. The van der Waals surface area contributed by atoms with Gasteiger partial charge < -0.3 is 4.74 Å². The highest BCUT2D eigenvalue weighted by Gasteiger charge is 2.12. The Morgan fingerprint density at radius 1 is 1.05 bits per heavy atom. The first-order chi connectivity index (χ1) is 9.10. The molecule has 0 aliphatic heterocycles. The minimum Gasteiger partial charge on any atom is -0.457 e. The number of Topliss-reactive ketones (excluding diaryl/α,β-unsaturated/α-hetero) is 1. The van der Waals surface area contributed by atoms with Crippen molar-refractivity contribution >= 4 is 29.0 Å². The summed E-state index contributed by atoms with van der Waals surface area (Å²) in [6, 6.07) is 11.9. The van der Waals surface area contributed by atoms with Gasteiger partial charge in [0.25, 0.3) is 0 Å². The third-order valence-corrected chi connectivity index (χ3v) is 3.09. The van der Waals surface area contributed by atoms with Crippen LogP contribution in [0.5, 0.6) is 11.5 Å². The predicted molar refractivity (Wildman–Crippen MR) is 77.6 cm³/mol. The molecule has 2 rings (SSSR count). The van der Waals surface area contributed by atoms with Crippen LogP contribution in [-0.4, -0.2) is 5.78 Å². The highest BCUT2D eigenvalue weighted by atomic mass is 35.5. The molecule has 0 spiro atoms. The van der Waals surface area contributed by atoms with Crippen molar-refractivity contribution < 1.29 is 9.53 Å². The van der Waals surface area contributed by atoms with Crippen LogP contribution in [0.15, 0.2) is 42.5 Å². The average Bonchev–Trinajstić information content (AvgIpc) is 2.41. The molecule has 2 aromatic carbocycles. The van der Waals surface area contributed by atoms with Crippen LogP contribution in [-0.2, 0) is 0 Å². The first-order valence-electron chi connectivity index (χ1n) is 5.86. The lowest BCUT2D eigenvalue weighted by Crippen LogP contribution is -2.00. The molecule has 0 heterocycles. The number of ketones is 1. The van der Waals surface area contributed by atoms with Gasteiger partial charge in [0, 0.05) is 22.5 Å². The first-order valence-corrected chi connectivity index (χ1v) is 6.62. The molecule has 0 unspecified atom stereocenters. The molecule has 2 nitrogen and oxygen atoms in total. The summed E-state index contributed by atoms with van der Waals surface area (Å²) in [7, 11) is 0. The topological polar surface area (TPSA) is 26.3 Å². The van der Waals surface area contributed by atoms with E-state index >= 15 is 0 Å². The molecule has 0 saturated heterocycles. The SMILES string of the molecule is CCC(=O)c1ccc(Cl)cc1Oc1ccc(Cl)cc1. The molecule has 0 aliphatic carbocycles. The Balaban J connectivity index is 2.35. The molecule has 0 fully saturated rings. The van der Waals surface area contributed by atoms with Gasteiger partial charge in [-0.3, -0.25) is 4.79 Å². The fraction of sp³-hybridized carbons (Fsp3) is 0.133. The smallest absolute Gasteiger partial charge is 0.166 e. The van der Waals surface area contributed by atoms with E-state index in [1.54, 1.807) is 42.5 Å². The molecule has 2 aromatic rings. The Kier molecular flexibility index (Phi) is 4.46. The minimum atomic E-state index is 0.0145. The number of benzene rings is 2. The van der Waals surface area contributed by atoms with Crippen LogP contribution in [0.1, 0.15) is 23.7 Å². The number of hydrogen-bond donors (Lipinski definition) is 0. The highest BCUT2D eigenvalue weighted by Crippen LogP contribution is 2.30. The van der Waals surface area contributed by atoms with Gasteiger partial charge in [0.1, 0.15) is 11.5 Å². The minimum absolute atomic E-state index is 0.0145. The first kappa shape index (κ1) is 13.9. The van der Waals surface area contributed by atoms with E-state index in [9.17, 15) is 4.79 Å². The van der Waals surface area contributed by atoms with Gasteiger partial charge in [-0.25, -0.2) is 0 Å². The van der Waals surface area contributed by atoms with E-state index in [2.05, 4.69) is 0 Å². The molecular formula is C15H12Cl2O2. The summed E-state index contributed by atoms with van der Waals surface area (Å²) in [4.78, 5) is 11.8. The van der Waals surface area contributed by atoms with Gasteiger partial charge >= 0.3 is 0 Å². The molecule has 0 radical (unpaired) electrons. The number of hydrogen-bond acceptors (Lipinski definition) is 2. The van der Waals surface area contributed by atoms with E-state index in [0.29, 0.717) is 33.5 Å². The van der Waals surface area contributed by atoms with E-state index in [4.69, 9.17) is 27.9 Å². The Morgan fingerprint density at radius 3 is 2.32 bits per heavy atom. The molecule has 19 heavy (non-hydrogen) atoms. The summed E-state index contributed by atoms with van der Waals surface area (Å²) >= 11 is 11.8. The Labute approximate surface area is 121 Å². The van der Waals surface area contributed by atoms with Gasteiger partial charge in [0.15, 0.2) is 5.78 Å². The molecule has 0 amide bonds. The average molecular weight is 295 g/mol. The van der Waals surface area contributed by atoms with Crippen LogP contribution < -0.4 is 4.74 Å². The second kappa shape index (κ2) is 6.09. The zero-order chi connectivity index (χ0) is 13.8. The lowest BCUT2D eigenvalue weighted by Gasteiger charge is -2.10. The maximum absolute atomic E-state index is 11.8. The number of ether oxygens (including phenoxy) is 1. The van der Waals surface area contributed by atoms with E-state index in [1.165, 1.54) is 0 Å². The van der Waals surface area contributed by atoms with E-state index in [0.717, 1.165) is 0 Å². The Morgan fingerprint density at radius 2 is 1.68 bits per heavy atom. The lowest BCUT2D eigenvalue weighted by atomic mass is 10.1. The van der Waals surface area contributed by atoms with Crippen molar-refractivity contribution in [3.05, 3.63) is 58.1 Å². The molecular weight excluding hydrogens is 283 g/mol. The molecule has 0 aliphatic rings. The van der Waals surface area contributed by atoms with Gasteiger partial charge in [-0.05, 0) is 36.4 Å². The van der Waals surface area contributed by atoms with Crippen molar-refractivity contribution in [1.29, 1.82) is 0 Å². The van der Waals surface area contributed by atoms with Crippen LogP contribution >= 0.6 is 23.2 Å². The third-order valence-electron chi connectivity index (χ3n) is 2.61. The van der Waals surface area contributed by atoms with Crippen LogP contribution in [0.25, 0.3) is 0 Å². The monoisotopic (exact) mass is 294 g/mol. The maximum atomic E-state index is 11.8. The van der Waals surface area contributed by atoms with Crippen LogP contribution in [0.2, 0.25) is 10.0 Å². The number of halogens is 2. The summed E-state index contributed by atoms with van der Waals surface area (Å²) in [5.41, 5.74) is 0.529. The van der Waals surface area contributed by atoms with Crippen molar-refractivity contribution in [1.82, 2.24) is 0 Å². The number of carbonyl (C=O) groups is 1. The standard InChI is InChI=1S/C15H12Cl2O2/c1-2-14(18)13-8-5-11(17)9-15(13)19-12-6-3-10(16)4-7-12/h3-9H,2H2,1H3. The van der Waals surface area contributed by atoms with Crippen LogP contribution in [0.4, 0.5) is 0 Å². The second-order valence-electron chi connectivity index (χ2n) is 3.97. The van der Waals surface area contributed by atoms with Crippen molar-refractivity contribution in [2.45, 2.75) is 13.3 Å².